The normalized spacial score (nSPS) is 17.9. The third-order valence-electron chi connectivity index (χ3n) is 3.48. The Bertz CT molecular complexity index is 669. The lowest BCUT2D eigenvalue weighted by Crippen LogP contribution is -2.14. The molecule has 1 amide bonds. The van der Waals surface area contributed by atoms with Crippen LogP contribution in [-0.4, -0.2) is 12.5 Å². The minimum absolute atomic E-state index is 0.134. The second kappa shape index (κ2) is 5.79. The molecule has 6 heteroatoms. The molecule has 21 heavy (non-hydrogen) atoms. The Labute approximate surface area is 127 Å². The third kappa shape index (κ3) is 2.89. The number of carbonyl (C=O) groups excluding carboxylic acids is 1. The summed E-state index contributed by atoms with van der Waals surface area (Å²) in [6.07, 6.45) is 2.33. The van der Waals surface area contributed by atoms with Gasteiger partial charge in [-0.05, 0) is 30.8 Å². The highest BCUT2D eigenvalue weighted by Gasteiger charge is 2.23. The molecule has 0 radical (unpaired) electrons. The van der Waals surface area contributed by atoms with Gasteiger partial charge in [0.1, 0.15) is 17.6 Å². The highest BCUT2D eigenvalue weighted by molar-refractivity contribution is 6.32. The average Bonchev–Trinajstić information content (AvgIpc) is 2.84. The lowest BCUT2D eigenvalue weighted by Gasteiger charge is -2.18. The van der Waals surface area contributed by atoms with Gasteiger partial charge in [0.15, 0.2) is 0 Å². The number of primary amides is 1. The Morgan fingerprint density at radius 3 is 3.05 bits per heavy atom. The van der Waals surface area contributed by atoms with E-state index in [9.17, 15) is 4.79 Å². The monoisotopic (exact) mass is 306 g/mol. The van der Waals surface area contributed by atoms with Gasteiger partial charge in [-0.25, -0.2) is 0 Å². The fourth-order valence-corrected chi connectivity index (χ4v) is 2.62. The van der Waals surface area contributed by atoms with E-state index in [2.05, 4.69) is 5.32 Å². The summed E-state index contributed by atoms with van der Waals surface area (Å²) in [4.78, 5) is 11.1. The third-order valence-corrected chi connectivity index (χ3v) is 3.78. The number of nitrogens with two attached hydrogens (primary N) is 1. The summed E-state index contributed by atoms with van der Waals surface area (Å²) >= 11 is 6.16. The molecule has 3 N–H and O–H groups in total. The Kier molecular flexibility index (Phi) is 3.86. The van der Waals surface area contributed by atoms with Gasteiger partial charge in [0, 0.05) is 17.5 Å². The van der Waals surface area contributed by atoms with E-state index < -0.39 is 5.91 Å². The van der Waals surface area contributed by atoms with Gasteiger partial charge in [-0.15, -0.1) is 0 Å². The van der Waals surface area contributed by atoms with Crippen LogP contribution in [0.25, 0.3) is 0 Å². The topological polar surface area (TPSA) is 77.5 Å². The molecule has 2 aromatic rings. The minimum Gasteiger partial charge on any atom is -0.484 e. The molecular formula is C15H15ClN2O3. The van der Waals surface area contributed by atoms with Gasteiger partial charge in [-0.3, -0.25) is 4.79 Å². The number of fused-ring (bicyclic) bond motifs is 1. The van der Waals surface area contributed by atoms with Crippen molar-refractivity contribution in [3.05, 3.63) is 52.4 Å². The molecule has 3 rings (SSSR count). The smallest absolute Gasteiger partial charge is 0.248 e. The van der Waals surface area contributed by atoms with Crippen LogP contribution >= 0.6 is 11.6 Å². The molecule has 0 fully saturated rings. The number of furan rings is 1. The van der Waals surface area contributed by atoms with Crippen molar-refractivity contribution in [1.29, 1.82) is 0 Å². The van der Waals surface area contributed by atoms with E-state index in [0.717, 1.165) is 24.3 Å². The molecule has 1 aliphatic rings. The number of amides is 1. The molecule has 5 nitrogen and oxygen atoms in total. The number of rotatable bonds is 3. The highest BCUT2D eigenvalue weighted by atomic mass is 35.5. The van der Waals surface area contributed by atoms with Gasteiger partial charge in [0.25, 0.3) is 0 Å². The zero-order valence-corrected chi connectivity index (χ0v) is 12.0. The Balaban J connectivity index is 1.85. The number of halogens is 1. The van der Waals surface area contributed by atoms with Crippen molar-refractivity contribution in [1.82, 2.24) is 5.32 Å². The van der Waals surface area contributed by atoms with Gasteiger partial charge < -0.3 is 20.2 Å². The lowest BCUT2D eigenvalue weighted by atomic mass is 10.1. The maximum atomic E-state index is 11.1. The van der Waals surface area contributed by atoms with Crippen molar-refractivity contribution in [2.75, 3.05) is 6.54 Å². The fraction of sp³-hybridized carbons (Fsp3) is 0.267. The molecule has 2 heterocycles. The van der Waals surface area contributed by atoms with E-state index in [0.29, 0.717) is 22.9 Å². The summed E-state index contributed by atoms with van der Waals surface area (Å²) < 4.78 is 11.4. The van der Waals surface area contributed by atoms with Crippen LogP contribution in [0.4, 0.5) is 0 Å². The first-order valence-corrected chi connectivity index (χ1v) is 7.06. The summed E-state index contributed by atoms with van der Waals surface area (Å²) in [5.74, 6) is 0.891. The van der Waals surface area contributed by atoms with Crippen molar-refractivity contribution in [2.45, 2.75) is 19.1 Å². The predicted octanol–water partition coefficient (Wildman–Crippen LogP) is 2.65. The van der Waals surface area contributed by atoms with Crippen LogP contribution in [0, 0.1) is 0 Å². The molecule has 1 unspecified atom stereocenters. The number of carbonyl (C=O) groups is 1. The Morgan fingerprint density at radius 2 is 2.29 bits per heavy atom. The molecular weight excluding hydrogens is 292 g/mol. The first-order chi connectivity index (χ1) is 10.1. The number of ether oxygens (including phenoxy) is 1. The second-order valence-corrected chi connectivity index (χ2v) is 5.29. The standard InChI is InChI=1S/C15H15ClN2O3/c16-11-7-9(15(17)19)1-2-13(11)21-12-3-5-18-8-14-10(12)4-6-20-14/h1-2,4,6-7,12,18H,3,5,8H2,(H2,17,19). The van der Waals surface area contributed by atoms with E-state index in [1.165, 1.54) is 6.07 Å². The van der Waals surface area contributed by atoms with Gasteiger partial charge >= 0.3 is 0 Å². The first kappa shape index (κ1) is 14.0. The van der Waals surface area contributed by atoms with Crippen LogP contribution < -0.4 is 15.8 Å². The van der Waals surface area contributed by atoms with Gasteiger partial charge in [-0.2, -0.15) is 0 Å². The van der Waals surface area contributed by atoms with E-state index in [1.54, 1.807) is 18.4 Å². The van der Waals surface area contributed by atoms with E-state index >= 15 is 0 Å². The van der Waals surface area contributed by atoms with Gasteiger partial charge in [0.2, 0.25) is 5.91 Å². The molecule has 1 aromatic carbocycles. The second-order valence-electron chi connectivity index (χ2n) is 4.88. The van der Waals surface area contributed by atoms with Crippen LogP contribution in [0.5, 0.6) is 5.75 Å². The summed E-state index contributed by atoms with van der Waals surface area (Å²) in [7, 11) is 0. The van der Waals surface area contributed by atoms with Crippen LogP contribution in [0.3, 0.4) is 0 Å². The Morgan fingerprint density at radius 1 is 1.43 bits per heavy atom. The quantitative estimate of drug-likeness (QED) is 0.914. The maximum absolute atomic E-state index is 11.1. The van der Waals surface area contributed by atoms with Gasteiger partial charge in [-0.1, -0.05) is 11.6 Å². The molecule has 1 aliphatic heterocycles. The SMILES string of the molecule is NC(=O)c1ccc(OC2CCNCc3occc32)c(Cl)c1. The van der Waals surface area contributed by atoms with Crippen molar-refractivity contribution in [2.24, 2.45) is 5.73 Å². The Hall–Kier alpha value is -1.98. The van der Waals surface area contributed by atoms with Gasteiger partial charge in [0.05, 0.1) is 17.8 Å². The van der Waals surface area contributed by atoms with Crippen LogP contribution in [-0.2, 0) is 6.54 Å². The molecule has 0 aliphatic carbocycles. The number of nitrogens with one attached hydrogen (secondary N) is 1. The molecule has 0 bridgehead atoms. The highest BCUT2D eigenvalue weighted by Crippen LogP contribution is 2.33. The van der Waals surface area contributed by atoms with Crippen molar-refractivity contribution < 1.29 is 13.9 Å². The molecule has 110 valence electrons. The van der Waals surface area contributed by atoms with E-state index in [4.69, 9.17) is 26.5 Å². The first-order valence-electron chi connectivity index (χ1n) is 6.68. The van der Waals surface area contributed by atoms with E-state index in [-0.39, 0.29) is 6.10 Å². The van der Waals surface area contributed by atoms with Crippen LogP contribution in [0.2, 0.25) is 5.02 Å². The van der Waals surface area contributed by atoms with Crippen molar-refractivity contribution in [3.63, 3.8) is 0 Å². The van der Waals surface area contributed by atoms with Crippen molar-refractivity contribution >= 4 is 17.5 Å². The average molecular weight is 307 g/mol. The molecule has 0 saturated carbocycles. The predicted molar refractivity (Wildman–Crippen MR) is 78.4 cm³/mol. The van der Waals surface area contributed by atoms with Crippen molar-refractivity contribution in [3.8, 4) is 5.75 Å². The number of hydrogen-bond acceptors (Lipinski definition) is 4. The minimum atomic E-state index is -0.515. The largest absolute Gasteiger partial charge is 0.484 e. The molecule has 1 aromatic heterocycles. The number of hydrogen-bond donors (Lipinski definition) is 2. The summed E-state index contributed by atoms with van der Waals surface area (Å²) in [6, 6.07) is 6.71. The van der Waals surface area contributed by atoms with E-state index in [1.807, 2.05) is 6.07 Å². The molecule has 0 spiro atoms. The van der Waals surface area contributed by atoms with Crippen LogP contribution in [0.1, 0.15) is 34.2 Å². The summed E-state index contributed by atoms with van der Waals surface area (Å²) in [6.45, 7) is 1.52. The zero-order chi connectivity index (χ0) is 14.8. The maximum Gasteiger partial charge on any atom is 0.248 e. The molecule has 0 saturated heterocycles. The summed E-state index contributed by atoms with van der Waals surface area (Å²) in [5, 5.41) is 3.65. The van der Waals surface area contributed by atoms with Crippen LogP contribution in [0.15, 0.2) is 34.9 Å². The lowest BCUT2D eigenvalue weighted by molar-refractivity contribution is 0.1000. The summed E-state index contributed by atoms with van der Waals surface area (Å²) in [5.41, 5.74) is 6.61. The zero-order valence-electron chi connectivity index (χ0n) is 11.3. The molecule has 1 atom stereocenters. The number of benzene rings is 1. The fourth-order valence-electron chi connectivity index (χ4n) is 2.40.